The van der Waals surface area contributed by atoms with E-state index in [1.54, 1.807) is 24.3 Å². The van der Waals surface area contributed by atoms with Gasteiger partial charge < -0.3 is 10.2 Å². The fourth-order valence-corrected chi connectivity index (χ4v) is 2.05. The second-order valence-corrected chi connectivity index (χ2v) is 4.40. The maximum Gasteiger partial charge on any atom is 0.115 e. The van der Waals surface area contributed by atoms with Gasteiger partial charge in [0, 0.05) is 0 Å². The zero-order chi connectivity index (χ0) is 14.5. The molecule has 4 nitrogen and oxygen atoms in total. The van der Waals surface area contributed by atoms with Gasteiger partial charge in [0.15, 0.2) is 0 Å². The van der Waals surface area contributed by atoms with Crippen molar-refractivity contribution in [2.45, 2.75) is 11.8 Å². The van der Waals surface area contributed by atoms with E-state index >= 15 is 0 Å². The van der Waals surface area contributed by atoms with E-state index < -0.39 is 11.8 Å². The minimum atomic E-state index is -0.634. The maximum atomic E-state index is 9.35. The van der Waals surface area contributed by atoms with Gasteiger partial charge in [0.1, 0.15) is 11.5 Å². The summed E-state index contributed by atoms with van der Waals surface area (Å²) in [6, 6.07) is 16.8. The van der Waals surface area contributed by atoms with Gasteiger partial charge in [-0.1, -0.05) is 24.3 Å². The molecule has 0 bridgehead atoms. The number of hydrogen-bond acceptors (Lipinski definition) is 4. The van der Waals surface area contributed by atoms with Gasteiger partial charge >= 0.3 is 0 Å². The monoisotopic (exact) mass is 264 g/mol. The highest BCUT2D eigenvalue weighted by molar-refractivity contribution is 5.40. The molecule has 2 N–H and O–H groups in total. The lowest BCUT2D eigenvalue weighted by Gasteiger charge is -2.16. The molecule has 0 fully saturated rings. The summed E-state index contributed by atoms with van der Waals surface area (Å²) in [5.74, 6) is -1.04. The van der Waals surface area contributed by atoms with Gasteiger partial charge in [-0.05, 0) is 35.4 Å². The first kappa shape index (κ1) is 13.5. The van der Waals surface area contributed by atoms with Crippen molar-refractivity contribution in [2.75, 3.05) is 0 Å². The third-order valence-corrected chi connectivity index (χ3v) is 3.12. The molecule has 2 aromatic carbocycles. The zero-order valence-corrected chi connectivity index (χ0v) is 10.6. The Balaban J connectivity index is 2.38. The second kappa shape index (κ2) is 5.77. The molecule has 0 unspecified atom stereocenters. The van der Waals surface area contributed by atoms with Crippen molar-refractivity contribution >= 4 is 0 Å². The molecule has 0 aliphatic rings. The average molecular weight is 264 g/mol. The van der Waals surface area contributed by atoms with Crippen LogP contribution >= 0.6 is 0 Å². The Morgan fingerprint density at radius 1 is 0.650 bits per heavy atom. The number of nitrogens with zero attached hydrogens (tertiary/aromatic N) is 2. The predicted octanol–water partition coefficient (Wildman–Crippen LogP) is 3.01. The van der Waals surface area contributed by atoms with E-state index in [1.807, 2.05) is 0 Å². The van der Waals surface area contributed by atoms with Crippen molar-refractivity contribution in [1.82, 2.24) is 0 Å². The second-order valence-electron chi connectivity index (χ2n) is 4.40. The van der Waals surface area contributed by atoms with Crippen molar-refractivity contribution in [1.29, 1.82) is 10.5 Å². The Morgan fingerprint density at radius 2 is 0.950 bits per heavy atom. The van der Waals surface area contributed by atoms with Gasteiger partial charge in [-0.3, -0.25) is 0 Å². The summed E-state index contributed by atoms with van der Waals surface area (Å²) in [6.07, 6.45) is 0. The van der Waals surface area contributed by atoms with Crippen molar-refractivity contribution < 1.29 is 10.2 Å². The van der Waals surface area contributed by atoms with Gasteiger partial charge in [-0.2, -0.15) is 10.5 Å². The number of aromatic hydroxyl groups is 2. The Bertz CT molecular complexity index is 602. The first-order chi connectivity index (χ1) is 9.65. The SMILES string of the molecule is N#C[C@H](c1ccc(O)cc1)[C@H](C#N)c1ccc(O)cc1. The zero-order valence-electron chi connectivity index (χ0n) is 10.6. The number of phenolic OH excluding ortho intramolecular Hbond substituents is 2. The molecule has 4 heteroatoms. The van der Waals surface area contributed by atoms with E-state index in [2.05, 4.69) is 12.1 Å². The van der Waals surface area contributed by atoms with Crippen LogP contribution in [0.2, 0.25) is 0 Å². The Kier molecular flexibility index (Phi) is 3.88. The van der Waals surface area contributed by atoms with Crippen LogP contribution in [0.5, 0.6) is 11.5 Å². The van der Waals surface area contributed by atoms with Crippen LogP contribution in [0.25, 0.3) is 0 Å². The third kappa shape index (κ3) is 2.71. The number of rotatable bonds is 3. The lowest BCUT2D eigenvalue weighted by molar-refractivity contribution is 0.474. The highest BCUT2D eigenvalue weighted by atomic mass is 16.3. The number of hydrogen-bond donors (Lipinski definition) is 2. The molecule has 20 heavy (non-hydrogen) atoms. The van der Waals surface area contributed by atoms with Gasteiger partial charge in [-0.15, -0.1) is 0 Å². The molecule has 0 spiro atoms. The lowest BCUT2D eigenvalue weighted by Crippen LogP contribution is -2.08. The summed E-state index contributed by atoms with van der Waals surface area (Å²) in [7, 11) is 0. The molecular weight excluding hydrogens is 252 g/mol. The normalized spacial score (nSPS) is 12.9. The summed E-state index contributed by atoms with van der Waals surface area (Å²) >= 11 is 0. The van der Waals surface area contributed by atoms with E-state index in [1.165, 1.54) is 24.3 Å². The van der Waals surface area contributed by atoms with E-state index in [-0.39, 0.29) is 11.5 Å². The number of phenols is 2. The van der Waals surface area contributed by atoms with Crippen molar-refractivity contribution in [3.05, 3.63) is 59.7 Å². The van der Waals surface area contributed by atoms with E-state index in [9.17, 15) is 20.7 Å². The highest BCUT2D eigenvalue weighted by Gasteiger charge is 2.24. The summed E-state index contributed by atoms with van der Waals surface area (Å²) in [5.41, 5.74) is 1.34. The van der Waals surface area contributed by atoms with E-state index in [4.69, 9.17) is 0 Å². The largest absolute Gasteiger partial charge is 0.508 e. The summed E-state index contributed by atoms with van der Waals surface area (Å²) in [5, 5.41) is 37.3. The van der Waals surface area contributed by atoms with Crippen LogP contribution in [0.15, 0.2) is 48.5 Å². The van der Waals surface area contributed by atoms with Crippen LogP contribution in [0, 0.1) is 22.7 Å². The molecule has 0 radical (unpaired) electrons. The van der Waals surface area contributed by atoms with E-state index in [0.29, 0.717) is 11.1 Å². The first-order valence-corrected chi connectivity index (χ1v) is 6.03. The van der Waals surface area contributed by atoms with Gasteiger partial charge in [0.2, 0.25) is 0 Å². The molecule has 2 aromatic rings. The first-order valence-electron chi connectivity index (χ1n) is 6.03. The summed E-state index contributed by atoms with van der Waals surface area (Å²) in [6.45, 7) is 0. The molecule has 0 aromatic heterocycles. The fourth-order valence-electron chi connectivity index (χ4n) is 2.05. The Morgan fingerprint density at radius 3 is 1.20 bits per heavy atom. The van der Waals surface area contributed by atoms with Gasteiger partial charge in [-0.25, -0.2) is 0 Å². The molecule has 0 amide bonds. The fraction of sp³-hybridized carbons (Fsp3) is 0.125. The van der Waals surface area contributed by atoms with Crippen molar-refractivity contribution in [3.63, 3.8) is 0 Å². The standard InChI is InChI=1S/C16H12N2O2/c17-9-15(11-1-5-13(19)6-2-11)16(10-18)12-3-7-14(20)8-4-12/h1-8,15-16,19-20H/t15-,16-/m1/s1. The van der Waals surface area contributed by atoms with Crippen LogP contribution < -0.4 is 0 Å². The van der Waals surface area contributed by atoms with Gasteiger partial charge in [0.25, 0.3) is 0 Å². The topological polar surface area (TPSA) is 88.0 Å². The molecule has 0 saturated carbocycles. The minimum absolute atomic E-state index is 0.114. The number of nitriles is 2. The highest BCUT2D eigenvalue weighted by Crippen LogP contribution is 2.33. The van der Waals surface area contributed by atoms with E-state index in [0.717, 1.165) is 0 Å². The smallest absolute Gasteiger partial charge is 0.115 e. The van der Waals surface area contributed by atoms with Crippen LogP contribution in [0.1, 0.15) is 23.0 Å². The van der Waals surface area contributed by atoms with Gasteiger partial charge in [0.05, 0.1) is 24.0 Å². The van der Waals surface area contributed by atoms with Crippen molar-refractivity contribution in [2.24, 2.45) is 0 Å². The molecule has 98 valence electrons. The average Bonchev–Trinajstić information content (AvgIpc) is 2.47. The number of benzene rings is 2. The molecule has 0 saturated heterocycles. The third-order valence-electron chi connectivity index (χ3n) is 3.12. The Labute approximate surface area is 116 Å². The van der Waals surface area contributed by atoms with Crippen LogP contribution in [0.3, 0.4) is 0 Å². The van der Waals surface area contributed by atoms with Crippen LogP contribution in [-0.2, 0) is 0 Å². The minimum Gasteiger partial charge on any atom is -0.508 e. The lowest BCUT2D eigenvalue weighted by atomic mass is 9.83. The van der Waals surface area contributed by atoms with Crippen molar-refractivity contribution in [3.8, 4) is 23.6 Å². The quantitative estimate of drug-likeness (QED) is 0.891. The molecular formula is C16H12N2O2. The summed E-state index contributed by atoms with van der Waals surface area (Å²) in [4.78, 5) is 0. The predicted molar refractivity (Wildman–Crippen MR) is 72.9 cm³/mol. The maximum absolute atomic E-state index is 9.35. The molecule has 2 atom stereocenters. The molecule has 2 rings (SSSR count). The molecule has 0 aliphatic carbocycles. The van der Waals surface area contributed by atoms with Crippen LogP contribution in [0.4, 0.5) is 0 Å². The Hall–Kier alpha value is -2.98. The van der Waals surface area contributed by atoms with Crippen LogP contribution in [-0.4, -0.2) is 10.2 Å². The molecule has 0 aliphatic heterocycles. The summed E-state index contributed by atoms with van der Waals surface area (Å²) < 4.78 is 0. The molecule has 0 heterocycles.